The smallest absolute Gasteiger partial charge is 0.187 e. The lowest BCUT2D eigenvalue weighted by atomic mass is 9.41. The Balaban J connectivity index is 1.75. The third-order valence-corrected chi connectivity index (χ3v) is 18.6. The molecule has 6 heteroatoms. The van der Waals surface area contributed by atoms with Crippen LogP contribution in [0.15, 0.2) is 84.9 Å². The van der Waals surface area contributed by atoms with Gasteiger partial charge in [-0.1, -0.05) is 108 Å². The van der Waals surface area contributed by atoms with Crippen molar-refractivity contribution < 1.29 is 4.74 Å². The highest BCUT2D eigenvalue weighted by atomic mass is 28.3. The summed E-state index contributed by atoms with van der Waals surface area (Å²) in [5.74, 6) is 9.58. The van der Waals surface area contributed by atoms with Crippen molar-refractivity contribution in [3.8, 4) is 53.3 Å². The molecule has 5 aromatic carbocycles. The molecule has 2 atom stereocenters. The van der Waals surface area contributed by atoms with Gasteiger partial charge in [-0.25, -0.2) is 0 Å². The van der Waals surface area contributed by atoms with Crippen molar-refractivity contribution in [1.29, 1.82) is 21.0 Å². The second kappa shape index (κ2) is 13.3. The molecule has 3 aliphatic carbocycles. The van der Waals surface area contributed by atoms with Crippen molar-refractivity contribution >= 4 is 29.6 Å². The molecule has 0 spiro atoms. The van der Waals surface area contributed by atoms with E-state index in [4.69, 9.17) is 4.74 Å². The summed E-state index contributed by atoms with van der Waals surface area (Å²) in [4.78, 5) is 0. The van der Waals surface area contributed by atoms with Gasteiger partial charge in [-0.15, -0.1) is 5.54 Å². The molecule has 5 nitrogen and oxygen atoms in total. The summed E-state index contributed by atoms with van der Waals surface area (Å²) in [6.07, 6.45) is 0. The molecule has 54 heavy (non-hydrogen) atoms. The molecule has 8 rings (SSSR count). The van der Waals surface area contributed by atoms with Gasteiger partial charge in [0, 0.05) is 28.5 Å². The molecule has 0 fully saturated rings. The van der Waals surface area contributed by atoms with Crippen molar-refractivity contribution in [2.24, 2.45) is 10.8 Å². The minimum Gasteiger partial charge on any atom is -0.497 e. The minimum absolute atomic E-state index is 0.363. The molecule has 0 heterocycles. The molecule has 262 valence electrons. The number of hydrogen-bond donors (Lipinski definition) is 0. The highest BCUT2D eigenvalue weighted by Crippen LogP contribution is 2.70. The van der Waals surface area contributed by atoms with Gasteiger partial charge in [0.2, 0.25) is 0 Å². The van der Waals surface area contributed by atoms with E-state index in [0.717, 1.165) is 49.4 Å². The van der Waals surface area contributed by atoms with Crippen LogP contribution in [0.25, 0.3) is 21.5 Å². The summed E-state index contributed by atoms with van der Waals surface area (Å²) in [6.45, 7) is 13.7. The molecular formula is C48H40N4OSi. The first-order chi connectivity index (χ1) is 26.0. The SMILES string of the molecule is COc1ccc(C#Cc2c3c(c(C#C[Si](C(C)C)(C(C)C)C(C)C)c4cc5ccccc5cc24)C2c4ccccc4C3C(C#N)(C#N)C2(C#N)C#N)cc1. The fourth-order valence-corrected chi connectivity index (χ4v) is 15.1. The first-order valence-electron chi connectivity index (χ1n) is 18.4. The second-order valence-corrected chi connectivity index (χ2v) is 21.1. The lowest BCUT2D eigenvalue weighted by Gasteiger charge is -2.54. The molecule has 0 radical (unpaired) electrons. The third-order valence-electron chi connectivity index (χ3n) is 12.3. The first kappa shape index (κ1) is 36.1. The predicted molar refractivity (Wildman–Crippen MR) is 216 cm³/mol. The van der Waals surface area contributed by atoms with Crippen LogP contribution in [-0.4, -0.2) is 15.2 Å². The number of nitriles is 4. The number of rotatable bonds is 4. The summed E-state index contributed by atoms with van der Waals surface area (Å²) in [7, 11) is -0.678. The lowest BCUT2D eigenvalue weighted by Crippen LogP contribution is -2.55. The van der Waals surface area contributed by atoms with Crippen LogP contribution in [0.2, 0.25) is 16.6 Å². The second-order valence-electron chi connectivity index (χ2n) is 15.5. The van der Waals surface area contributed by atoms with Gasteiger partial charge in [-0.05, 0) is 96.8 Å². The topological polar surface area (TPSA) is 104 Å². The first-order valence-corrected chi connectivity index (χ1v) is 20.7. The zero-order valence-electron chi connectivity index (χ0n) is 31.7. The monoisotopic (exact) mass is 716 g/mol. The maximum Gasteiger partial charge on any atom is 0.187 e. The van der Waals surface area contributed by atoms with Gasteiger partial charge in [-0.2, -0.15) is 21.0 Å². The van der Waals surface area contributed by atoms with Crippen molar-refractivity contribution in [3.63, 3.8) is 0 Å². The molecule has 0 aliphatic heterocycles. The Morgan fingerprint density at radius 2 is 1.00 bits per heavy atom. The Morgan fingerprint density at radius 1 is 0.574 bits per heavy atom. The van der Waals surface area contributed by atoms with Crippen molar-refractivity contribution in [3.05, 3.63) is 124 Å². The zero-order chi connectivity index (χ0) is 38.6. The average Bonchev–Trinajstić information content (AvgIpc) is 3.18. The van der Waals surface area contributed by atoms with Crippen LogP contribution < -0.4 is 4.74 Å². The Morgan fingerprint density at radius 3 is 1.41 bits per heavy atom. The number of benzene rings is 5. The van der Waals surface area contributed by atoms with Crippen LogP contribution in [0, 0.1) is 79.5 Å². The lowest BCUT2D eigenvalue weighted by molar-refractivity contribution is 0.195. The van der Waals surface area contributed by atoms with E-state index in [9.17, 15) is 21.0 Å². The summed E-state index contributed by atoms with van der Waals surface area (Å²) in [5, 5.41) is 48.4. The maximum absolute atomic E-state index is 11.2. The molecule has 3 aliphatic rings. The highest BCUT2D eigenvalue weighted by Gasteiger charge is 2.71. The number of fused-ring (bicyclic) bond motifs is 3. The fraction of sp³-hybridized carbons (Fsp3) is 0.292. The Kier molecular flexibility index (Phi) is 8.88. The fourth-order valence-electron chi connectivity index (χ4n) is 9.86. The van der Waals surface area contributed by atoms with Crippen LogP contribution in [0.4, 0.5) is 0 Å². The number of methoxy groups -OCH3 is 1. The maximum atomic E-state index is 11.2. The van der Waals surface area contributed by atoms with Crippen molar-refractivity contribution in [2.75, 3.05) is 7.11 Å². The van der Waals surface area contributed by atoms with Gasteiger partial charge in [0.25, 0.3) is 0 Å². The summed E-state index contributed by atoms with van der Waals surface area (Å²) in [6, 6.07) is 36.8. The van der Waals surface area contributed by atoms with Gasteiger partial charge < -0.3 is 4.74 Å². The van der Waals surface area contributed by atoms with E-state index in [1.54, 1.807) is 7.11 Å². The molecule has 2 bridgehead atoms. The highest BCUT2D eigenvalue weighted by molar-refractivity contribution is 6.90. The summed E-state index contributed by atoms with van der Waals surface area (Å²) < 4.78 is 5.39. The number of ether oxygens (including phenoxy) is 1. The molecule has 5 aromatic rings. The van der Waals surface area contributed by atoms with Gasteiger partial charge in [0.15, 0.2) is 10.8 Å². The van der Waals surface area contributed by atoms with Gasteiger partial charge in [0.05, 0.1) is 31.4 Å². The third kappa shape index (κ3) is 4.82. The van der Waals surface area contributed by atoms with Crippen LogP contribution in [0.5, 0.6) is 5.75 Å². The van der Waals surface area contributed by atoms with Gasteiger partial charge >= 0.3 is 0 Å². The van der Waals surface area contributed by atoms with Crippen molar-refractivity contribution in [1.82, 2.24) is 0 Å². The van der Waals surface area contributed by atoms with Gasteiger partial charge in [-0.3, -0.25) is 0 Å². The van der Waals surface area contributed by atoms with Crippen LogP contribution in [0.3, 0.4) is 0 Å². The average molecular weight is 717 g/mol. The van der Waals surface area contributed by atoms with E-state index in [-0.39, 0.29) is 0 Å². The Bertz CT molecular complexity index is 2620. The largest absolute Gasteiger partial charge is 0.497 e. The molecule has 0 N–H and O–H groups in total. The summed E-state index contributed by atoms with van der Waals surface area (Å²) >= 11 is 0. The number of hydrogen-bond acceptors (Lipinski definition) is 5. The van der Waals surface area contributed by atoms with E-state index >= 15 is 0 Å². The molecule has 0 saturated heterocycles. The molecule has 0 amide bonds. The van der Waals surface area contributed by atoms with Crippen LogP contribution in [-0.2, 0) is 0 Å². The van der Waals surface area contributed by atoms with Crippen LogP contribution in [0.1, 0.15) is 92.3 Å². The summed E-state index contributed by atoms with van der Waals surface area (Å²) in [5.41, 5.74) is 6.18. The predicted octanol–water partition coefficient (Wildman–Crippen LogP) is 10.6. The van der Waals surface area contributed by atoms with E-state index in [1.807, 2.05) is 60.7 Å². The Hall–Kier alpha value is -6.28. The van der Waals surface area contributed by atoms with Gasteiger partial charge in [0.1, 0.15) is 13.8 Å². The van der Waals surface area contributed by atoms with E-state index in [0.29, 0.717) is 33.5 Å². The van der Waals surface area contributed by atoms with E-state index < -0.39 is 30.7 Å². The number of nitrogens with zero attached hydrogens (tertiary/aromatic N) is 4. The van der Waals surface area contributed by atoms with E-state index in [2.05, 4.69) is 113 Å². The normalized spacial score (nSPS) is 17.2. The molecule has 0 saturated carbocycles. The standard InChI is InChI=1S/C48H40N4OSi/c1-30(2)54(31(3)4,32(5)6)23-22-38-42-25-35-13-9-8-12-34(35)24-41(42)37(21-18-33-16-19-36(53-7)20-17-33)43-44(38)46-40-15-11-10-14-39(40)45(43)47(26-49,27-50)48(46,28-51)29-52/h8-17,19-20,24-25,30-32,45-46H,1-7H3. The van der Waals surface area contributed by atoms with Crippen molar-refractivity contribution in [2.45, 2.75) is 70.0 Å². The zero-order valence-corrected chi connectivity index (χ0v) is 32.7. The molecule has 2 unspecified atom stereocenters. The molecule has 0 aromatic heterocycles. The Labute approximate surface area is 319 Å². The molecular weight excluding hydrogens is 677 g/mol. The quantitative estimate of drug-likeness (QED) is 0.105. The minimum atomic E-state index is -2.30. The van der Waals surface area contributed by atoms with E-state index in [1.165, 1.54) is 0 Å². The van der Waals surface area contributed by atoms with Crippen LogP contribution >= 0.6 is 0 Å².